The predicted molar refractivity (Wildman–Crippen MR) is 87.3 cm³/mol. The van der Waals surface area contributed by atoms with Crippen molar-refractivity contribution < 1.29 is 14.7 Å². The highest BCUT2D eigenvalue weighted by molar-refractivity contribution is 14.1. The van der Waals surface area contributed by atoms with Crippen LogP contribution in [0.4, 0.5) is 10.5 Å². The Kier molecular flexibility index (Phi) is 7.68. The van der Waals surface area contributed by atoms with Crippen molar-refractivity contribution in [2.75, 3.05) is 11.9 Å². The van der Waals surface area contributed by atoms with Crippen molar-refractivity contribution in [3.05, 3.63) is 26.8 Å². The molecule has 0 unspecified atom stereocenters. The standard InChI is InChI=1S/C13H16ClIN2O3/c14-10-8-9(15)5-6-11(10)17-13(20)16-7-3-1-2-4-12(18)19/h5-6,8H,1-4,7H2,(H,18,19)(H2,16,17,20). The Morgan fingerprint density at radius 3 is 2.65 bits per heavy atom. The van der Waals surface area contributed by atoms with Crippen molar-refractivity contribution >= 4 is 51.9 Å². The number of anilines is 1. The third kappa shape index (κ3) is 6.95. The number of hydrogen-bond donors (Lipinski definition) is 3. The Morgan fingerprint density at radius 1 is 1.25 bits per heavy atom. The number of unbranched alkanes of at least 4 members (excludes halogenated alkanes) is 2. The number of halogens is 2. The van der Waals surface area contributed by atoms with Gasteiger partial charge in [-0.3, -0.25) is 4.79 Å². The molecule has 110 valence electrons. The van der Waals surface area contributed by atoms with Crippen LogP contribution in [-0.4, -0.2) is 23.7 Å². The minimum absolute atomic E-state index is 0.171. The number of aliphatic carboxylic acids is 1. The summed E-state index contributed by atoms with van der Waals surface area (Å²) >= 11 is 8.14. The molecule has 1 aromatic rings. The first-order chi connectivity index (χ1) is 9.49. The molecule has 1 rings (SSSR count). The number of carboxylic acid groups (broad SMARTS) is 1. The number of carbonyl (C=O) groups is 2. The maximum absolute atomic E-state index is 11.6. The van der Waals surface area contributed by atoms with Crippen LogP contribution in [0, 0.1) is 3.57 Å². The summed E-state index contributed by atoms with van der Waals surface area (Å²) in [4.78, 5) is 21.9. The summed E-state index contributed by atoms with van der Waals surface area (Å²) in [5.41, 5.74) is 0.565. The van der Waals surface area contributed by atoms with E-state index in [2.05, 4.69) is 33.2 Å². The molecule has 0 aromatic heterocycles. The lowest BCUT2D eigenvalue weighted by Crippen LogP contribution is -2.29. The molecular formula is C13H16ClIN2O3. The molecule has 5 nitrogen and oxygen atoms in total. The predicted octanol–water partition coefficient (Wildman–Crippen LogP) is 3.71. The van der Waals surface area contributed by atoms with E-state index in [0.29, 0.717) is 23.7 Å². The zero-order chi connectivity index (χ0) is 15.0. The van der Waals surface area contributed by atoms with Crippen molar-refractivity contribution in [2.45, 2.75) is 25.7 Å². The Morgan fingerprint density at radius 2 is 2.00 bits per heavy atom. The molecule has 0 heterocycles. The fraction of sp³-hybridized carbons (Fsp3) is 0.385. The summed E-state index contributed by atoms with van der Waals surface area (Å²) in [5.74, 6) is -0.788. The first-order valence-corrected chi connectivity index (χ1v) is 7.66. The summed E-state index contributed by atoms with van der Waals surface area (Å²) in [5, 5.41) is 14.3. The van der Waals surface area contributed by atoms with E-state index in [9.17, 15) is 9.59 Å². The second-order valence-electron chi connectivity index (χ2n) is 4.21. The van der Waals surface area contributed by atoms with Gasteiger partial charge in [0.1, 0.15) is 0 Å². The molecule has 0 aliphatic rings. The van der Waals surface area contributed by atoms with Gasteiger partial charge in [0.2, 0.25) is 0 Å². The highest BCUT2D eigenvalue weighted by Gasteiger charge is 2.05. The van der Waals surface area contributed by atoms with Gasteiger partial charge >= 0.3 is 12.0 Å². The molecule has 0 aliphatic heterocycles. The summed E-state index contributed by atoms with van der Waals surface area (Å²) in [6, 6.07) is 5.06. The molecule has 0 atom stereocenters. The van der Waals surface area contributed by atoms with Crippen molar-refractivity contribution in [1.29, 1.82) is 0 Å². The van der Waals surface area contributed by atoms with Gasteiger partial charge in [0.15, 0.2) is 0 Å². The zero-order valence-corrected chi connectivity index (χ0v) is 13.7. The van der Waals surface area contributed by atoms with Crippen molar-refractivity contribution in [2.24, 2.45) is 0 Å². The van der Waals surface area contributed by atoms with Gasteiger partial charge in [-0.25, -0.2) is 4.79 Å². The van der Waals surface area contributed by atoms with Crippen LogP contribution in [0.5, 0.6) is 0 Å². The molecule has 7 heteroatoms. The third-order valence-electron chi connectivity index (χ3n) is 2.53. The number of carbonyl (C=O) groups excluding carboxylic acids is 1. The minimum Gasteiger partial charge on any atom is -0.481 e. The van der Waals surface area contributed by atoms with Crippen LogP contribution >= 0.6 is 34.2 Å². The molecule has 0 fully saturated rings. The summed E-state index contributed by atoms with van der Waals surface area (Å²) < 4.78 is 0.997. The van der Waals surface area contributed by atoms with Gasteiger partial charge < -0.3 is 15.7 Å². The van der Waals surface area contributed by atoms with E-state index in [0.717, 1.165) is 16.4 Å². The first kappa shape index (κ1) is 17.0. The van der Waals surface area contributed by atoms with Crippen LogP contribution in [-0.2, 0) is 4.79 Å². The number of amides is 2. The largest absolute Gasteiger partial charge is 0.481 e. The molecule has 3 N–H and O–H groups in total. The Hall–Kier alpha value is -1.02. The monoisotopic (exact) mass is 410 g/mol. The van der Waals surface area contributed by atoms with E-state index < -0.39 is 5.97 Å². The molecule has 20 heavy (non-hydrogen) atoms. The fourth-order valence-electron chi connectivity index (χ4n) is 1.54. The molecule has 0 saturated carbocycles. The molecule has 2 amide bonds. The van der Waals surface area contributed by atoms with E-state index in [1.807, 2.05) is 6.07 Å². The number of carboxylic acids is 1. The van der Waals surface area contributed by atoms with Gasteiger partial charge in [0, 0.05) is 16.5 Å². The maximum Gasteiger partial charge on any atom is 0.319 e. The number of nitrogens with one attached hydrogen (secondary N) is 2. The number of benzene rings is 1. The summed E-state index contributed by atoms with van der Waals surface area (Å²) in [6.07, 6.45) is 2.32. The van der Waals surface area contributed by atoms with Gasteiger partial charge in [0.05, 0.1) is 10.7 Å². The quantitative estimate of drug-likeness (QED) is 0.474. The van der Waals surface area contributed by atoms with Gasteiger partial charge in [0.25, 0.3) is 0 Å². The zero-order valence-electron chi connectivity index (χ0n) is 10.8. The van der Waals surface area contributed by atoms with Crippen LogP contribution in [0.2, 0.25) is 5.02 Å². The molecule has 0 radical (unpaired) electrons. The molecule has 1 aromatic carbocycles. The van der Waals surface area contributed by atoms with E-state index in [-0.39, 0.29) is 12.5 Å². The number of rotatable bonds is 7. The minimum atomic E-state index is -0.788. The highest BCUT2D eigenvalue weighted by Crippen LogP contribution is 2.23. The van der Waals surface area contributed by atoms with Gasteiger partial charge in [-0.2, -0.15) is 0 Å². The lowest BCUT2D eigenvalue weighted by Gasteiger charge is -2.09. The topological polar surface area (TPSA) is 78.4 Å². The second-order valence-corrected chi connectivity index (χ2v) is 5.86. The number of hydrogen-bond acceptors (Lipinski definition) is 2. The van der Waals surface area contributed by atoms with Crippen LogP contribution in [0.1, 0.15) is 25.7 Å². The van der Waals surface area contributed by atoms with Gasteiger partial charge in [-0.1, -0.05) is 18.0 Å². The lowest BCUT2D eigenvalue weighted by atomic mass is 10.2. The Labute approximate surface area is 136 Å². The van der Waals surface area contributed by atoms with Crippen LogP contribution in [0.15, 0.2) is 18.2 Å². The smallest absolute Gasteiger partial charge is 0.319 e. The van der Waals surface area contributed by atoms with Crippen molar-refractivity contribution in [1.82, 2.24) is 5.32 Å². The van der Waals surface area contributed by atoms with Crippen LogP contribution in [0.25, 0.3) is 0 Å². The van der Waals surface area contributed by atoms with Gasteiger partial charge in [-0.15, -0.1) is 0 Å². The normalized spacial score (nSPS) is 10.1. The van der Waals surface area contributed by atoms with E-state index in [1.54, 1.807) is 12.1 Å². The molecular weight excluding hydrogens is 395 g/mol. The molecule has 0 saturated heterocycles. The van der Waals surface area contributed by atoms with E-state index >= 15 is 0 Å². The average Bonchev–Trinajstić information content (AvgIpc) is 2.36. The van der Waals surface area contributed by atoms with Crippen molar-refractivity contribution in [3.8, 4) is 0 Å². The first-order valence-electron chi connectivity index (χ1n) is 6.20. The van der Waals surface area contributed by atoms with Crippen molar-refractivity contribution in [3.63, 3.8) is 0 Å². The Balaban J connectivity index is 2.22. The number of urea groups is 1. The average molecular weight is 411 g/mol. The SMILES string of the molecule is O=C(O)CCCCCNC(=O)Nc1ccc(I)cc1Cl. The maximum atomic E-state index is 11.6. The van der Waals surface area contributed by atoms with Crippen LogP contribution < -0.4 is 10.6 Å². The van der Waals surface area contributed by atoms with Crippen LogP contribution in [0.3, 0.4) is 0 Å². The third-order valence-corrected chi connectivity index (χ3v) is 3.52. The summed E-state index contributed by atoms with van der Waals surface area (Å²) in [6.45, 7) is 0.507. The highest BCUT2D eigenvalue weighted by atomic mass is 127. The molecule has 0 aliphatic carbocycles. The molecule has 0 spiro atoms. The van der Waals surface area contributed by atoms with Gasteiger partial charge in [-0.05, 0) is 53.6 Å². The Bertz CT molecular complexity index is 483. The fourth-order valence-corrected chi connectivity index (χ4v) is 2.44. The summed E-state index contributed by atoms with van der Waals surface area (Å²) in [7, 11) is 0. The lowest BCUT2D eigenvalue weighted by molar-refractivity contribution is -0.137. The van der Waals surface area contributed by atoms with E-state index in [4.69, 9.17) is 16.7 Å². The van der Waals surface area contributed by atoms with E-state index in [1.165, 1.54) is 0 Å². The molecule has 0 bridgehead atoms. The second kappa shape index (κ2) is 9.02.